The first-order valence-corrected chi connectivity index (χ1v) is 10.7. The van der Waals surface area contributed by atoms with Crippen molar-refractivity contribution in [3.63, 3.8) is 0 Å². The Bertz CT molecular complexity index is 1410. The molecule has 1 aliphatic heterocycles. The van der Waals surface area contributed by atoms with Crippen LogP contribution >= 0.6 is 0 Å². The molecule has 1 aliphatic carbocycles. The summed E-state index contributed by atoms with van der Waals surface area (Å²) in [5.41, 5.74) is 7.68. The molecule has 1 saturated carbocycles. The lowest BCUT2D eigenvalue weighted by atomic mass is 10.1. The second-order valence-corrected chi connectivity index (χ2v) is 8.31. The highest BCUT2D eigenvalue weighted by molar-refractivity contribution is 6.00. The Balaban J connectivity index is 1.21. The number of anilines is 1. The van der Waals surface area contributed by atoms with Crippen LogP contribution in [0.1, 0.15) is 23.3 Å². The molecular formula is C24H21FN6O2. The number of amidine groups is 1. The van der Waals surface area contributed by atoms with Gasteiger partial charge < -0.3 is 14.7 Å². The van der Waals surface area contributed by atoms with Crippen molar-refractivity contribution in [2.75, 3.05) is 5.32 Å². The number of hydrogen-bond acceptors (Lipinski definition) is 7. The van der Waals surface area contributed by atoms with Crippen molar-refractivity contribution in [1.82, 2.24) is 20.4 Å². The molecule has 1 fully saturated rings. The average molecular weight is 444 g/mol. The zero-order chi connectivity index (χ0) is 22.5. The Hall–Kier alpha value is -3.98. The van der Waals surface area contributed by atoms with Gasteiger partial charge in [0.05, 0.1) is 17.5 Å². The summed E-state index contributed by atoms with van der Waals surface area (Å²) in [6.45, 7) is 6.10. The Labute approximate surface area is 188 Å². The highest BCUT2D eigenvalue weighted by Gasteiger charge is 2.46. The van der Waals surface area contributed by atoms with Crippen LogP contribution in [-0.4, -0.2) is 33.2 Å². The van der Waals surface area contributed by atoms with E-state index < -0.39 is 12.4 Å². The Kier molecular flexibility index (Phi) is 4.51. The van der Waals surface area contributed by atoms with Crippen molar-refractivity contribution in [1.29, 1.82) is 0 Å². The molecule has 4 aromatic rings. The van der Waals surface area contributed by atoms with E-state index in [4.69, 9.17) is 9.25 Å². The minimum atomic E-state index is -0.828. The van der Waals surface area contributed by atoms with Gasteiger partial charge in [-0.05, 0) is 37.1 Å². The van der Waals surface area contributed by atoms with E-state index >= 15 is 0 Å². The Morgan fingerprint density at radius 2 is 2.06 bits per heavy atom. The molecule has 6 rings (SSSR count). The molecule has 3 N–H and O–H groups in total. The predicted molar refractivity (Wildman–Crippen MR) is 123 cm³/mol. The first-order chi connectivity index (χ1) is 16.0. The van der Waals surface area contributed by atoms with Gasteiger partial charge in [0.25, 0.3) is 0 Å². The highest BCUT2D eigenvalue weighted by atomic mass is 19.1. The van der Waals surface area contributed by atoms with Gasteiger partial charge >= 0.3 is 0 Å². The second kappa shape index (κ2) is 7.56. The summed E-state index contributed by atoms with van der Waals surface area (Å²) in [5, 5.41) is 4.28. The van der Waals surface area contributed by atoms with Crippen LogP contribution in [0.2, 0.25) is 0 Å². The number of nitrogens with one attached hydrogen (secondary N) is 3. The molecule has 1 unspecified atom stereocenters. The van der Waals surface area contributed by atoms with Crippen molar-refractivity contribution >= 4 is 28.3 Å². The van der Waals surface area contributed by atoms with Crippen LogP contribution in [0.3, 0.4) is 0 Å². The van der Waals surface area contributed by atoms with Crippen molar-refractivity contribution in [2.24, 2.45) is 10.9 Å². The van der Waals surface area contributed by atoms with Crippen LogP contribution in [0.5, 0.6) is 0 Å². The minimum Gasteiger partial charge on any atom is -0.435 e. The Morgan fingerprint density at radius 3 is 2.91 bits per heavy atom. The molecule has 3 atom stereocenters. The number of pyridine rings is 1. The topological polar surface area (TPSA) is 100 Å². The number of aliphatic imine (C=N–C) groups is 1. The van der Waals surface area contributed by atoms with E-state index in [0.717, 1.165) is 33.4 Å². The van der Waals surface area contributed by atoms with E-state index in [9.17, 15) is 4.39 Å². The number of aromatic nitrogens is 3. The molecule has 0 amide bonds. The molecule has 0 bridgehead atoms. The molecule has 33 heavy (non-hydrogen) atoms. The number of benzene rings is 1. The molecule has 2 aliphatic rings. The van der Waals surface area contributed by atoms with Gasteiger partial charge in [-0.1, -0.05) is 18.7 Å². The lowest BCUT2D eigenvalue weighted by Gasteiger charge is -2.12. The number of fused-ring (bicyclic) bond motifs is 1. The van der Waals surface area contributed by atoms with Crippen LogP contribution in [0, 0.1) is 12.8 Å². The number of rotatable bonds is 6. The third-order valence-electron chi connectivity index (χ3n) is 5.90. The average Bonchev–Trinajstić information content (AvgIpc) is 3.29. The number of aryl methyl sites for hydroxylation is 1. The third-order valence-corrected chi connectivity index (χ3v) is 5.90. The van der Waals surface area contributed by atoms with Gasteiger partial charge in [0, 0.05) is 34.9 Å². The zero-order valence-electron chi connectivity index (χ0n) is 17.8. The normalized spacial score (nSPS) is 21.6. The summed E-state index contributed by atoms with van der Waals surface area (Å²) >= 11 is 0. The summed E-state index contributed by atoms with van der Waals surface area (Å²) in [4.78, 5) is 21.8. The van der Waals surface area contributed by atoms with Crippen LogP contribution in [-0.2, 0) is 4.84 Å². The quantitative estimate of drug-likeness (QED) is 0.403. The molecule has 1 aromatic carbocycles. The second-order valence-electron chi connectivity index (χ2n) is 8.31. The zero-order valence-corrected chi connectivity index (χ0v) is 17.8. The fourth-order valence-electron chi connectivity index (χ4n) is 3.82. The SMILES string of the molecule is C=C(Nc1cc(C2=NC([C@H]3C[C@@H]3F)ON2)ccc1C)c1cnc(-c2cnc3[nH]ccc3c2)o1. The van der Waals surface area contributed by atoms with Gasteiger partial charge in [-0.3, -0.25) is 0 Å². The van der Waals surface area contributed by atoms with E-state index in [0.29, 0.717) is 29.6 Å². The van der Waals surface area contributed by atoms with Crippen LogP contribution < -0.4 is 10.8 Å². The molecule has 166 valence electrons. The van der Waals surface area contributed by atoms with Gasteiger partial charge in [-0.15, -0.1) is 0 Å². The van der Waals surface area contributed by atoms with Gasteiger partial charge in [-0.25, -0.2) is 29.7 Å². The number of nitrogens with zero attached hydrogens (tertiary/aromatic N) is 3. The maximum absolute atomic E-state index is 13.3. The number of alkyl halides is 1. The fourth-order valence-corrected chi connectivity index (χ4v) is 3.82. The maximum atomic E-state index is 13.3. The molecular weight excluding hydrogens is 423 g/mol. The van der Waals surface area contributed by atoms with Crippen LogP contribution in [0.15, 0.2) is 64.9 Å². The predicted octanol–water partition coefficient (Wildman–Crippen LogP) is 4.57. The Morgan fingerprint density at radius 1 is 1.18 bits per heavy atom. The van der Waals surface area contributed by atoms with Gasteiger partial charge in [0.15, 0.2) is 17.8 Å². The number of hydrogen-bond donors (Lipinski definition) is 3. The summed E-state index contributed by atoms with van der Waals surface area (Å²) in [7, 11) is 0. The fraction of sp³-hybridized carbons (Fsp3) is 0.208. The largest absolute Gasteiger partial charge is 0.435 e. The first kappa shape index (κ1) is 19.7. The lowest BCUT2D eigenvalue weighted by Crippen LogP contribution is -2.20. The van der Waals surface area contributed by atoms with Crippen molar-refractivity contribution in [3.8, 4) is 11.5 Å². The monoisotopic (exact) mass is 444 g/mol. The smallest absolute Gasteiger partial charge is 0.228 e. The molecule has 3 aromatic heterocycles. The third kappa shape index (κ3) is 3.66. The van der Waals surface area contributed by atoms with Gasteiger partial charge in [-0.2, -0.15) is 0 Å². The van der Waals surface area contributed by atoms with E-state index in [-0.39, 0.29) is 5.92 Å². The highest BCUT2D eigenvalue weighted by Crippen LogP contribution is 2.39. The summed E-state index contributed by atoms with van der Waals surface area (Å²) in [6, 6.07) is 9.77. The van der Waals surface area contributed by atoms with Crippen LogP contribution in [0.4, 0.5) is 10.1 Å². The van der Waals surface area contributed by atoms with Gasteiger partial charge in [0.2, 0.25) is 5.89 Å². The van der Waals surface area contributed by atoms with E-state index in [1.165, 1.54) is 0 Å². The van der Waals surface area contributed by atoms with Crippen molar-refractivity contribution < 1.29 is 13.6 Å². The number of H-pyrrole nitrogens is 1. The molecule has 4 heterocycles. The van der Waals surface area contributed by atoms with Crippen molar-refractivity contribution in [2.45, 2.75) is 25.7 Å². The number of aromatic amines is 1. The molecule has 0 radical (unpaired) electrons. The number of oxazole rings is 1. The standard InChI is InChI=1S/C24H21FN6O2/c1-12-3-4-14(22-30-24(33-31-22)17-9-18(17)25)8-19(12)29-13(2)20-11-28-23(32-20)16-7-15-5-6-26-21(15)27-10-16/h3-8,10-11,17-18,24,29H,2,9H2,1H3,(H,26,27)(H,30,31)/t17-,18-,24?/m0/s1. The number of hydroxylamine groups is 1. The molecule has 0 spiro atoms. The molecule has 0 saturated heterocycles. The molecule has 8 nitrogen and oxygen atoms in total. The molecule has 9 heteroatoms. The van der Waals surface area contributed by atoms with E-state index in [2.05, 4.69) is 37.3 Å². The number of halogens is 1. The van der Waals surface area contributed by atoms with Crippen LogP contribution in [0.25, 0.3) is 28.2 Å². The van der Waals surface area contributed by atoms with Crippen molar-refractivity contribution in [3.05, 3.63) is 72.4 Å². The first-order valence-electron chi connectivity index (χ1n) is 10.7. The van der Waals surface area contributed by atoms with E-state index in [1.807, 2.05) is 43.5 Å². The summed E-state index contributed by atoms with van der Waals surface area (Å²) < 4.78 is 19.3. The minimum absolute atomic E-state index is 0.161. The summed E-state index contributed by atoms with van der Waals surface area (Å²) in [6.07, 6.45) is 4.39. The maximum Gasteiger partial charge on any atom is 0.228 e. The van der Waals surface area contributed by atoms with E-state index in [1.54, 1.807) is 12.4 Å². The summed E-state index contributed by atoms with van der Waals surface area (Å²) in [5.74, 6) is 1.41. The lowest BCUT2D eigenvalue weighted by molar-refractivity contribution is 0.0202. The van der Waals surface area contributed by atoms with Gasteiger partial charge in [0.1, 0.15) is 11.8 Å².